The maximum atomic E-state index is 12.8. The van der Waals surface area contributed by atoms with Crippen LogP contribution >= 0.6 is 0 Å². The minimum absolute atomic E-state index is 0.124. The van der Waals surface area contributed by atoms with Crippen LogP contribution in [-0.4, -0.2) is 41.9 Å². The van der Waals surface area contributed by atoms with Gasteiger partial charge in [-0.05, 0) is 35.0 Å². The number of benzene rings is 2. The van der Waals surface area contributed by atoms with Gasteiger partial charge < -0.3 is 9.32 Å². The second-order valence-electron chi connectivity index (χ2n) is 6.21. The van der Waals surface area contributed by atoms with Crippen molar-refractivity contribution in [3.63, 3.8) is 0 Å². The molecule has 0 radical (unpaired) electrons. The molecule has 0 spiro atoms. The molecule has 0 N–H and O–H groups in total. The number of hydrogen-bond acceptors (Lipinski definition) is 3. The summed E-state index contributed by atoms with van der Waals surface area (Å²) in [5, 5.41) is 2.28. The summed E-state index contributed by atoms with van der Waals surface area (Å²) < 4.78 is 5.40. The molecule has 0 bridgehead atoms. The largest absolute Gasteiger partial charge is 0.468 e. The molecule has 1 aliphatic rings. The Morgan fingerprint density at radius 2 is 1.71 bits per heavy atom. The highest BCUT2D eigenvalue weighted by Gasteiger charge is 2.22. The van der Waals surface area contributed by atoms with Crippen LogP contribution in [0.3, 0.4) is 0 Å². The molecule has 2 heterocycles. The van der Waals surface area contributed by atoms with E-state index in [1.807, 2.05) is 53.4 Å². The zero-order valence-corrected chi connectivity index (χ0v) is 13.5. The van der Waals surface area contributed by atoms with Crippen molar-refractivity contribution in [1.29, 1.82) is 0 Å². The first-order chi connectivity index (χ1) is 11.8. The topological polar surface area (TPSA) is 36.7 Å². The number of carbonyl (C=O) groups excluding carboxylic acids is 1. The number of hydrogen-bond donors (Lipinski definition) is 0. The highest BCUT2D eigenvalue weighted by atomic mass is 16.3. The quantitative estimate of drug-likeness (QED) is 0.742. The highest BCUT2D eigenvalue weighted by Crippen LogP contribution is 2.18. The monoisotopic (exact) mass is 320 g/mol. The van der Waals surface area contributed by atoms with Gasteiger partial charge in [-0.3, -0.25) is 9.69 Å². The summed E-state index contributed by atoms with van der Waals surface area (Å²) in [5.74, 6) is 1.10. The van der Waals surface area contributed by atoms with E-state index in [1.54, 1.807) is 6.26 Å². The highest BCUT2D eigenvalue weighted by molar-refractivity contribution is 5.98. The molecule has 4 nitrogen and oxygen atoms in total. The van der Waals surface area contributed by atoms with Gasteiger partial charge >= 0.3 is 0 Å². The zero-order valence-electron chi connectivity index (χ0n) is 13.5. The Labute approximate surface area is 141 Å². The van der Waals surface area contributed by atoms with Crippen LogP contribution in [0.4, 0.5) is 0 Å². The van der Waals surface area contributed by atoms with E-state index in [9.17, 15) is 4.79 Å². The summed E-state index contributed by atoms with van der Waals surface area (Å²) in [6.07, 6.45) is 1.70. The fourth-order valence-electron chi connectivity index (χ4n) is 3.24. The summed E-state index contributed by atoms with van der Waals surface area (Å²) in [6, 6.07) is 18.0. The van der Waals surface area contributed by atoms with Crippen LogP contribution in [0.2, 0.25) is 0 Å². The van der Waals surface area contributed by atoms with E-state index in [1.165, 1.54) is 0 Å². The average Bonchev–Trinajstić information content (AvgIpc) is 3.14. The SMILES string of the molecule is O=C(c1ccc2ccccc2c1)N1CCN(Cc2ccco2)CC1. The number of fused-ring (bicyclic) bond motifs is 1. The van der Waals surface area contributed by atoms with Gasteiger partial charge in [0.1, 0.15) is 5.76 Å². The third-order valence-corrected chi connectivity index (χ3v) is 4.62. The number of carbonyl (C=O) groups is 1. The molecule has 4 heteroatoms. The minimum Gasteiger partial charge on any atom is -0.468 e. The lowest BCUT2D eigenvalue weighted by molar-refractivity contribution is 0.0620. The van der Waals surface area contributed by atoms with Gasteiger partial charge in [-0.1, -0.05) is 30.3 Å². The summed E-state index contributed by atoms with van der Waals surface area (Å²) in [5.41, 5.74) is 0.771. The van der Waals surface area contributed by atoms with Gasteiger partial charge in [-0.15, -0.1) is 0 Å². The fourth-order valence-corrected chi connectivity index (χ4v) is 3.24. The van der Waals surface area contributed by atoms with Gasteiger partial charge in [0, 0.05) is 31.7 Å². The van der Waals surface area contributed by atoms with E-state index in [0.717, 1.165) is 54.8 Å². The predicted molar refractivity (Wildman–Crippen MR) is 93.8 cm³/mol. The third-order valence-electron chi connectivity index (χ3n) is 4.62. The van der Waals surface area contributed by atoms with Gasteiger partial charge in [0.2, 0.25) is 0 Å². The molecule has 0 saturated carbocycles. The molecular formula is C20H20N2O2. The Kier molecular flexibility index (Phi) is 4.05. The third kappa shape index (κ3) is 3.05. The first kappa shape index (κ1) is 15.0. The van der Waals surface area contributed by atoms with Crippen LogP contribution < -0.4 is 0 Å². The molecule has 1 aliphatic heterocycles. The average molecular weight is 320 g/mol. The molecule has 3 aromatic rings. The predicted octanol–water partition coefficient (Wildman–Crippen LogP) is 3.39. The maximum Gasteiger partial charge on any atom is 0.253 e. The number of amides is 1. The molecule has 2 aromatic carbocycles. The Bertz CT molecular complexity index is 834. The van der Waals surface area contributed by atoms with Crippen molar-refractivity contribution in [2.45, 2.75) is 6.54 Å². The lowest BCUT2D eigenvalue weighted by Crippen LogP contribution is -2.48. The number of furan rings is 1. The Hall–Kier alpha value is -2.59. The van der Waals surface area contributed by atoms with Gasteiger partial charge in [0.05, 0.1) is 12.8 Å². The van der Waals surface area contributed by atoms with Crippen molar-refractivity contribution >= 4 is 16.7 Å². The number of nitrogens with zero attached hydrogens (tertiary/aromatic N) is 2. The van der Waals surface area contributed by atoms with Crippen molar-refractivity contribution in [3.8, 4) is 0 Å². The minimum atomic E-state index is 0.124. The van der Waals surface area contributed by atoms with Crippen LogP contribution in [0, 0.1) is 0 Å². The molecule has 1 saturated heterocycles. The Balaban J connectivity index is 1.41. The summed E-state index contributed by atoms with van der Waals surface area (Å²) >= 11 is 0. The number of rotatable bonds is 3. The Morgan fingerprint density at radius 1 is 0.917 bits per heavy atom. The molecule has 0 atom stereocenters. The smallest absolute Gasteiger partial charge is 0.253 e. The lowest BCUT2D eigenvalue weighted by Gasteiger charge is -2.34. The second-order valence-corrected chi connectivity index (χ2v) is 6.21. The van der Waals surface area contributed by atoms with Crippen LogP contribution in [0.25, 0.3) is 10.8 Å². The lowest BCUT2D eigenvalue weighted by atomic mass is 10.1. The van der Waals surface area contributed by atoms with E-state index >= 15 is 0 Å². The molecule has 0 aliphatic carbocycles. The van der Waals surface area contributed by atoms with E-state index in [2.05, 4.69) is 11.0 Å². The molecule has 1 fully saturated rings. The standard InChI is InChI=1S/C20H20N2O2/c23-20(18-8-7-16-4-1-2-5-17(16)14-18)22-11-9-21(10-12-22)15-19-6-3-13-24-19/h1-8,13-14H,9-12,15H2. The van der Waals surface area contributed by atoms with Gasteiger partial charge in [-0.2, -0.15) is 0 Å². The van der Waals surface area contributed by atoms with Crippen LogP contribution in [-0.2, 0) is 6.54 Å². The molecule has 1 aromatic heterocycles. The summed E-state index contributed by atoms with van der Waals surface area (Å²) in [6.45, 7) is 4.07. The second kappa shape index (κ2) is 6.49. The van der Waals surface area contributed by atoms with Crippen LogP contribution in [0.5, 0.6) is 0 Å². The van der Waals surface area contributed by atoms with E-state index in [0.29, 0.717) is 0 Å². The zero-order chi connectivity index (χ0) is 16.4. The molecule has 122 valence electrons. The molecule has 0 unspecified atom stereocenters. The molecule has 24 heavy (non-hydrogen) atoms. The number of piperazine rings is 1. The fraction of sp³-hybridized carbons (Fsp3) is 0.250. The van der Waals surface area contributed by atoms with Gasteiger partial charge in [-0.25, -0.2) is 0 Å². The van der Waals surface area contributed by atoms with Crippen LogP contribution in [0.15, 0.2) is 65.3 Å². The van der Waals surface area contributed by atoms with Crippen molar-refractivity contribution < 1.29 is 9.21 Å². The van der Waals surface area contributed by atoms with Gasteiger partial charge in [0.25, 0.3) is 5.91 Å². The summed E-state index contributed by atoms with van der Waals surface area (Å²) in [4.78, 5) is 17.0. The van der Waals surface area contributed by atoms with Crippen LogP contribution in [0.1, 0.15) is 16.1 Å². The van der Waals surface area contributed by atoms with E-state index in [4.69, 9.17) is 4.42 Å². The van der Waals surface area contributed by atoms with Crippen molar-refractivity contribution in [2.75, 3.05) is 26.2 Å². The molecular weight excluding hydrogens is 300 g/mol. The normalized spacial score (nSPS) is 15.8. The maximum absolute atomic E-state index is 12.8. The van der Waals surface area contributed by atoms with E-state index < -0.39 is 0 Å². The van der Waals surface area contributed by atoms with Gasteiger partial charge in [0.15, 0.2) is 0 Å². The van der Waals surface area contributed by atoms with E-state index in [-0.39, 0.29) is 5.91 Å². The molecule has 4 rings (SSSR count). The molecule has 1 amide bonds. The Morgan fingerprint density at radius 3 is 2.46 bits per heavy atom. The first-order valence-corrected chi connectivity index (χ1v) is 8.32. The van der Waals surface area contributed by atoms with Crippen molar-refractivity contribution in [3.05, 3.63) is 72.2 Å². The van der Waals surface area contributed by atoms with Crippen molar-refractivity contribution in [2.24, 2.45) is 0 Å². The first-order valence-electron chi connectivity index (χ1n) is 8.32. The van der Waals surface area contributed by atoms with Crippen molar-refractivity contribution in [1.82, 2.24) is 9.80 Å². The summed E-state index contributed by atoms with van der Waals surface area (Å²) in [7, 11) is 0.